The van der Waals surface area contributed by atoms with Gasteiger partial charge >= 0.3 is 0 Å². The van der Waals surface area contributed by atoms with E-state index in [1.54, 1.807) is 13.3 Å². The van der Waals surface area contributed by atoms with Crippen LogP contribution in [-0.2, 0) is 5.41 Å². The molecule has 32 heavy (non-hydrogen) atoms. The third-order valence-corrected chi connectivity index (χ3v) is 5.71. The van der Waals surface area contributed by atoms with Crippen molar-refractivity contribution in [3.05, 3.63) is 95.7 Å². The molecule has 4 rings (SSSR count). The summed E-state index contributed by atoms with van der Waals surface area (Å²) in [5.41, 5.74) is 15.6. The van der Waals surface area contributed by atoms with Gasteiger partial charge in [-0.2, -0.15) is 0 Å². The van der Waals surface area contributed by atoms with Crippen LogP contribution in [0.4, 0.5) is 0 Å². The van der Waals surface area contributed by atoms with Gasteiger partial charge in [-0.15, -0.1) is 0 Å². The van der Waals surface area contributed by atoms with Crippen LogP contribution in [0.1, 0.15) is 29.2 Å². The predicted octanol–water partition coefficient (Wildman–Crippen LogP) is 3.80. The van der Waals surface area contributed by atoms with Crippen LogP contribution in [0.5, 0.6) is 5.75 Å². The molecule has 0 bridgehead atoms. The molecule has 2 heterocycles. The molecule has 1 atom stereocenters. The van der Waals surface area contributed by atoms with Gasteiger partial charge in [0.1, 0.15) is 5.75 Å². The van der Waals surface area contributed by atoms with Crippen molar-refractivity contribution in [2.75, 3.05) is 20.2 Å². The summed E-state index contributed by atoms with van der Waals surface area (Å²) < 4.78 is 5.49. The quantitative estimate of drug-likeness (QED) is 0.445. The fourth-order valence-electron chi connectivity index (χ4n) is 4.05. The molecule has 0 saturated heterocycles. The summed E-state index contributed by atoms with van der Waals surface area (Å²) in [6.07, 6.45) is 6.20. The fourth-order valence-corrected chi connectivity index (χ4v) is 4.05. The first-order valence-electron chi connectivity index (χ1n) is 10.6. The topological polar surface area (TPSA) is 99.9 Å². The van der Waals surface area contributed by atoms with E-state index in [-0.39, 0.29) is 0 Å². The number of nitrogens with zero attached hydrogens (tertiary/aromatic N) is 3. The molecule has 2 aromatic carbocycles. The Morgan fingerprint density at radius 1 is 0.938 bits per heavy atom. The van der Waals surface area contributed by atoms with Gasteiger partial charge in [0.2, 0.25) is 0 Å². The van der Waals surface area contributed by atoms with Crippen LogP contribution in [0.3, 0.4) is 0 Å². The van der Waals surface area contributed by atoms with Crippen molar-refractivity contribution in [2.24, 2.45) is 11.5 Å². The Kier molecular flexibility index (Phi) is 6.54. The third kappa shape index (κ3) is 4.23. The smallest absolute Gasteiger partial charge is 0.152 e. The molecule has 162 valence electrons. The Hall–Kier alpha value is -3.61. The molecule has 1 unspecified atom stereocenters. The van der Waals surface area contributed by atoms with Crippen LogP contribution < -0.4 is 16.2 Å². The van der Waals surface area contributed by atoms with Crippen molar-refractivity contribution >= 4 is 23.1 Å². The second-order valence-corrected chi connectivity index (χ2v) is 7.59. The van der Waals surface area contributed by atoms with Crippen molar-refractivity contribution in [1.29, 1.82) is 0 Å². The fraction of sp³-hybridized carbons (Fsp3) is 0.192. The van der Waals surface area contributed by atoms with Gasteiger partial charge in [-0.25, -0.2) is 9.97 Å². The molecule has 0 fully saturated rings. The number of hydrogen-bond acceptors (Lipinski definition) is 6. The average Bonchev–Trinajstić information content (AvgIpc) is 2.86. The molecule has 0 aliphatic rings. The highest BCUT2D eigenvalue weighted by molar-refractivity contribution is 5.85. The van der Waals surface area contributed by atoms with Crippen LogP contribution in [0.15, 0.2) is 72.9 Å². The van der Waals surface area contributed by atoms with Gasteiger partial charge in [-0.3, -0.25) is 4.98 Å². The number of ether oxygens (including phenoxy) is 1. The van der Waals surface area contributed by atoms with E-state index in [0.29, 0.717) is 25.3 Å². The zero-order valence-corrected chi connectivity index (χ0v) is 18.1. The summed E-state index contributed by atoms with van der Waals surface area (Å²) in [6.45, 7) is 0.835. The molecule has 0 aliphatic heterocycles. The summed E-state index contributed by atoms with van der Waals surface area (Å²) >= 11 is 0. The predicted molar refractivity (Wildman–Crippen MR) is 129 cm³/mol. The Balaban J connectivity index is 1.96. The summed E-state index contributed by atoms with van der Waals surface area (Å²) in [5.74, 6) is 1.33. The lowest BCUT2D eigenvalue weighted by atomic mass is 9.73. The summed E-state index contributed by atoms with van der Waals surface area (Å²) in [4.78, 5) is 14.1. The normalized spacial score (nSPS) is 13.3. The second kappa shape index (κ2) is 9.68. The molecule has 6 heteroatoms. The van der Waals surface area contributed by atoms with Crippen molar-refractivity contribution in [3.8, 4) is 5.75 Å². The van der Waals surface area contributed by atoms with Gasteiger partial charge in [0.05, 0.1) is 29.4 Å². The maximum Gasteiger partial charge on any atom is 0.152 e. The van der Waals surface area contributed by atoms with Crippen LogP contribution >= 0.6 is 0 Å². The van der Waals surface area contributed by atoms with Crippen molar-refractivity contribution in [3.63, 3.8) is 0 Å². The standard InChI is InChI=1S/C26H27N5O/c1-32-21-11-12-23-22(17-21)25(26(18-28,14-15-27)19-7-3-2-4-8-19)31-24(30-23)13-10-20-9-5-6-16-29-20/h2-13,16-17H,14-15,18,27-28H2,1H3. The molecule has 0 radical (unpaired) electrons. The van der Waals surface area contributed by atoms with E-state index in [1.165, 1.54) is 0 Å². The number of rotatable bonds is 8. The number of benzene rings is 2. The minimum absolute atomic E-state index is 0.362. The van der Waals surface area contributed by atoms with Crippen molar-refractivity contribution < 1.29 is 4.74 Å². The lowest BCUT2D eigenvalue weighted by Crippen LogP contribution is -2.39. The minimum atomic E-state index is -0.558. The van der Waals surface area contributed by atoms with E-state index < -0.39 is 5.41 Å². The summed E-state index contributed by atoms with van der Waals surface area (Å²) in [7, 11) is 1.65. The molecule has 0 spiro atoms. The van der Waals surface area contributed by atoms with E-state index >= 15 is 0 Å². The molecule has 4 N–H and O–H groups in total. The minimum Gasteiger partial charge on any atom is -0.497 e. The van der Waals surface area contributed by atoms with Gasteiger partial charge in [-0.05, 0) is 61.0 Å². The van der Waals surface area contributed by atoms with Gasteiger partial charge < -0.3 is 16.2 Å². The molecule has 4 aromatic rings. The average molecular weight is 426 g/mol. The Morgan fingerprint density at radius 2 is 1.75 bits per heavy atom. The number of nitrogens with two attached hydrogens (primary N) is 2. The highest BCUT2D eigenvalue weighted by Gasteiger charge is 2.36. The zero-order valence-electron chi connectivity index (χ0n) is 18.1. The molecule has 2 aromatic heterocycles. The van der Waals surface area contributed by atoms with E-state index in [1.807, 2.05) is 66.7 Å². The highest BCUT2D eigenvalue weighted by Crippen LogP contribution is 2.38. The van der Waals surface area contributed by atoms with Crippen molar-refractivity contribution in [1.82, 2.24) is 15.0 Å². The summed E-state index contributed by atoms with van der Waals surface area (Å²) in [6, 6.07) is 21.8. The third-order valence-electron chi connectivity index (χ3n) is 5.71. The number of aromatic nitrogens is 3. The molecule has 6 nitrogen and oxygen atoms in total. The lowest BCUT2D eigenvalue weighted by Gasteiger charge is -2.33. The molecule has 0 aliphatic carbocycles. The van der Waals surface area contributed by atoms with Crippen LogP contribution in [0.25, 0.3) is 23.1 Å². The van der Waals surface area contributed by atoms with Crippen LogP contribution in [0.2, 0.25) is 0 Å². The van der Waals surface area contributed by atoms with Gasteiger partial charge in [0.25, 0.3) is 0 Å². The molecular weight excluding hydrogens is 398 g/mol. The Labute approximate surface area is 188 Å². The largest absolute Gasteiger partial charge is 0.497 e. The monoisotopic (exact) mass is 425 g/mol. The van der Waals surface area contributed by atoms with E-state index in [0.717, 1.165) is 33.6 Å². The zero-order chi connectivity index (χ0) is 22.4. The lowest BCUT2D eigenvalue weighted by molar-refractivity contribution is 0.415. The first kappa shape index (κ1) is 21.6. The number of hydrogen-bond donors (Lipinski definition) is 2. The van der Waals surface area contributed by atoms with Gasteiger partial charge in [-0.1, -0.05) is 36.4 Å². The number of fused-ring (bicyclic) bond motifs is 1. The number of pyridine rings is 1. The van der Waals surface area contributed by atoms with Gasteiger partial charge in [0, 0.05) is 18.1 Å². The van der Waals surface area contributed by atoms with E-state index in [2.05, 4.69) is 17.1 Å². The van der Waals surface area contributed by atoms with Crippen molar-refractivity contribution in [2.45, 2.75) is 11.8 Å². The Morgan fingerprint density at radius 3 is 2.44 bits per heavy atom. The van der Waals surface area contributed by atoms with Crippen LogP contribution in [-0.4, -0.2) is 35.2 Å². The molecule has 0 saturated carbocycles. The van der Waals surface area contributed by atoms with Gasteiger partial charge in [0.15, 0.2) is 5.82 Å². The van der Waals surface area contributed by atoms with E-state index in [4.69, 9.17) is 26.2 Å². The van der Waals surface area contributed by atoms with E-state index in [9.17, 15) is 0 Å². The SMILES string of the molecule is COc1ccc2nc(C=Cc3ccccn3)nc(C(CN)(CCN)c3ccccc3)c2c1. The first-order chi connectivity index (χ1) is 15.7. The second-order valence-electron chi connectivity index (χ2n) is 7.59. The Bertz CT molecular complexity index is 1210. The molecular formula is C26H27N5O. The maximum atomic E-state index is 6.46. The summed E-state index contributed by atoms with van der Waals surface area (Å²) in [5, 5.41) is 0.905. The maximum absolute atomic E-state index is 6.46. The molecule has 0 amide bonds. The number of methoxy groups -OCH3 is 1. The van der Waals surface area contributed by atoms with Crippen LogP contribution in [0, 0.1) is 0 Å². The highest BCUT2D eigenvalue weighted by atomic mass is 16.5. The first-order valence-corrected chi connectivity index (χ1v) is 10.6.